The van der Waals surface area contributed by atoms with Gasteiger partial charge in [-0.2, -0.15) is 13.2 Å². The fourth-order valence-electron chi connectivity index (χ4n) is 1.70. The molecule has 0 aliphatic carbocycles. The highest BCUT2D eigenvalue weighted by atomic mass is 19.4. The van der Waals surface area contributed by atoms with E-state index in [1.807, 2.05) is 0 Å². The number of nitrogens with two attached hydrogens (primary N) is 1. The van der Waals surface area contributed by atoms with Crippen molar-refractivity contribution in [3.05, 3.63) is 47.9 Å². The van der Waals surface area contributed by atoms with E-state index in [0.29, 0.717) is 11.3 Å². The highest BCUT2D eigenvalue weighted by Crippen LogP contribution is 2.38. The Morgan fingerprint density at radius 3 is 2.41 bits per heavy atom. The molecule has 2 rings (SSSR count). The van der Waals surface area contributed by atoms with Gasteiger partial charge in [0.05, 0.1) is 18.4 Å². The molecule has 0 atom stereocenters. The summed E-state index contributed by atoms with van der Waals surface area (Å²) in [5.41, 5.74) is 5.21. The van der Waals surface area contributed by atoms with Crippen LogP contribution in [0.1, 0.15) is 11.3 Å². The van der Waals surface area contributed by atoms with Crippen LogP contribution in [0.4, 0.5) is 13.2 Å². The molecule has 90 valence electrons. The van der Waals surface area contributed by atoms with Crippen molar-refractivity contribution in [2.24, 2.45) is 5.73 Å². The average Bonchev–Trinajstić information content (AvgIpc) is 2.75. The normalized spacial score (nSPS) is 11.8. The van der Waals surface area contributed by atoms with Crippen LogP contribution < -0.4 is 5.73 Å². The lowest BCUT2D eigenvalue weighted by molar-refractivity contribution is -0.137. The first-order chi connectivity index (χ1) is 8.04. The molecule has 1 aromatic heterocycles. The number of alkyl halides is 3. The first-order valence-electron chi connectivity index (χ1n) is 4.97. The van der Waals surface area contributed by atoms with Crippen LogP contribution in [0, 0.1) is 0 Å². The molecule has 0 aliphatic rings. The summed E-state index contributed by atoms with van der Waals surface area (Å²) in [4.78, 5) is 0. The quantitative estimate of drug-likeness (QED) is 0.874. The Kier molecular flexibility index (Phi) is 2.93. The highest BCUT2D eigenvalue weighted by molar-refractivity contribution is 5.69. The van der Waals surface area contributed by atoms with Crippen LogP contribution in [0.2, 0.25) is 0 Å². The zero-order valence-electron chi connectivity index (χ0n) is 8.79. The van der Waals surface area contributed by atoms with Crippen molar-refractivity contribution in [1.29, 1.82) is 0 Å². The van der Waals surface area contributed by atoms with Crippen LogP contribution in [0.5, 0.6) is 0 Å². The smallest absolute Gasteiger partial charge is 0.417 e. The SMILES string of the molecule is NCc1occc1-c1ccccc1C(F)(F)F. The van der Waals surface area contributed by atoms with E-state index in [1.165, 1.54) is 24.5 Å². The number of benzene rings is 1. The third-order valence-electron chi connectivity index (χ3n) is 2.45. The summed E-state index contributed by atoms with van der Waals surface area (Å²) in [6, 6.07) is 6.86. The Hall–Kier alpha value is -1.75. The van der Waals surface area contributed by atoms with Gasteiger partial charge in [0.2, 0.25) is 0 Å². The summed E-state index contributed by atoms with van der Waals surface area (Å²) >= 11 is 0. The van der Waals surface area contributed by atoms with Crippen molar-refractivity contribution < 1.29 is 17.6 Å². The van der Waals surface area contributed by atoms with Crippen LogP contribution >= 0.6 is 0 Å². The standard InChI is InChI=1S/C12H10F3NO/c13-12(14,15)10-4-2-1-3-8(10)9-5-6-17-11(9)7-16/h1-6H,7,16H2. The predicted molar refractivity (Wildman–Crippen MR) is 57.0 cm³/mol. The summed E-state index contributed by atoms with van der Waals surface area (Å²) in [6.07, 6.45) is -3.05. The lowest BCUT2D eigenvalue weighted by Gasteiger charge is -2.12. The third-order valence-corrected chi connectivity index (χ3v) is 2.45. The van der Waals surface area contributed by atoms with Gasteiger partial charge in [-0.15, -0.1) is 0 Å². The molecule has 2 aromatic rings. The molecule has 17 heavy (non-hydrogen) atoms. The molecule has 0 saturated carbocycles. The number of rotatable bonds is 2. The first kappa shape index (κ1) is 11.7. The van der Waals surface area contributed by atoms with Gasteiger partial charge in [-0.1, -0.05) is 18.2 Å². The fraction of sp³-hybridized carbons (Fsp3) is 0.167. The third kappa shape index (κ3) is 2.19. The lowest BCUT2D eigenvalue weighted by Crippen LogP contribution is -2.07. The maximum atomic E-state index is 12.8. The molecular formula is C12H10F3NO. The Morgan fingerprint density at radius 1 is 1.06 bits per heavy atom. The number of hydrogen-bond acceptors (Lipinski definition) is 2. The van der Waals surface area contributed by atoms with Crippen molar-refractivity contribution in [2.45, 2.75) is 12.7 Å². The molecule has 0 fully saturated rings. The average molecular weight is 241 g/mol. The zero-order chi connectivity index (χ0) is 12.5. The molecule has 0 saturated heterocycles. The van der Waals surface area contributed by atoms with E-state index in [9.17, 15) is 13.2 Å². The number of hydrogen-bond donors (Lipinski definition) is 1. The maximum absolute atomic E-state index is 12.8. The Morgan fingerprint density at radius 2 is 1.76 bits per heavy atom. The first-order valence-corrected chi connectivity index (χ1v) is 4.97. The van der Waals surface area contributed by atoms with Gasteiger partial charge in [0.15, 0.2) is 0 Å². The van der Waals surface area contributed by atoms with Gasteiger partial charge in [0, 0.05) is 5.56 Å². The lowest BCUT2D eigenvalue weighted by atomic mass is 10.00. The monoisotopic (exact) mass is 241 g/mol. The van der Waals surface area contributed by atoms with Crippen molar-refractivity contribution in [1.82, 2.24) is 0 Å². The van der Waals surface area contributed by atoms with Crippen molar-refractivity contribution in [2.75, 3.05) is 0 Å². The van der Waals surface area contributed by atoms with Crippen molar-refractivity contribution in [3.8, 4) is 11.1 Å². The molecular weight excluding hydrogens is 231 g/mol. The van der Waals surface area contributed by atoms with Crippen LogP contribution in [-0.4, -0.2) is 0 Å². The Bertz CT molecular complexity index is 516. The van der Waals surface area contributed by atoms with E-state index >= 15 is 0 Å². The van der Waals surface area contributed by atoms with Crippen LogP contribution in [0.15, 0.2) is 41.0 Å². The summed E-state index contributed by atoms with van der Waals surface area (Å²) in [5.74, 6) is 0.349. The summed E-state index contributed by atoms with van der Waals surface area (Å²) in [6.45, 7) is 0.0640. The molecule has 0 spiro atoms. The maximum Gasteiger partial charge on any atom is 0.417 e. The topological polar surface area (TPSA) is 39.2 Å². The second kappa shape index (κ2) is 4.25. The number of furan rings is 1. The molecule has 0 unspecified atom stereocenters. The molecule has 1 heterocycles. The molecule has 0 amide bonds. The molecule has 0 radical (unpaired) electrons. The van der Waals surface area contributed by atoms with E-state index in [2.05, 4.69) is 0 Å². The van der Waals surface area contributed by atoms with E-state index in [-0.39, 0.29) is 12.1 Å². The van der Waals surface area contributed by atoms with Crippen LogP contribution in [0.3, 0.4) is 0 Å². The summed E-state index contributed by atoms with van der Waals surface area (Å²) in [5, 5.41) is 0. The van der Waals surface area contributed by atoms with Gasteiger partial charge in [-0.25, -0.2) is 0 Å². The van der Waals surface area contributed by atoms with Gasteiger partial charge in [0.25, 0.3) is 0 Å². The van der Waals surface area contributed by atoms with E-state index < -0.39 is 11.7 Å². The van der Waals surface area contributed by atoms with Gasteiger partial charge in [0.1, 0.15) is 5.76 Å². The molecule has 0 aliphatic heterocycles. The van der Waals surface area contributed by atoms with Gasteiger partial charge >= 0.3 is 6.18 Å². The molecule has 2 nitrogen and oxygen atoms in total. The molecule has 0 bridgehead atoms. The van der Waals surface area contributed by atoms with Crippen LogP contribution in [0.25, 0.3) is 11.1 Å². The van der Waals surface area contributed by atoms with Crippen LogP contribution in [-0.2, 0) is 12.7 Å². The largest absolute Gasteiger partial charge is 0.467 e. The molecule has 1 aromatic carbocycles. The second-order valence-corrected chi connectivity index (χ2v) is 3.50. The van der Waals surface area contributed by atoms with Crippen molar-refractivity contribution in [3.63, 3.8) is 0 Å². The minimum Gasteiger partial charge on any atom is -0.467 e. The summed E-state index contributed by atoms with van der Waals surface area (Å²) in [7, 11) is 0. The van der Waals surface area contributed by atoms with Gasteiger partial charge in [-0.3, -0.25) is 0 Å². The summed E-state index contributed by atoms with van der Waals surface area (Å²) < 4.78 is 43.5. The zero-order valence-corrected chi connectivity index (χ0v) is 8.79. The Labute approximate surface area is 95.8 Å². The molecule has 2 N–H and O–H groups in total. The Balaban J connectivity index is 2.60. The number of halogens is 3. The van der Waals surface area contributed by atoms with E-state index in [0.717, 1.165) is 6.07 Å². The predicted octanol–water partition coefficient (Wildman–Crippen LogP) is 3.42. The van der Waals surface area contributed by atoms with Gasteiger partial charge < -0.3 is 10.2 Å². The minimum atomic E-state index is -4.39. The minimum absolute atomic E-state index is 0.0640. The van der Waals surface area contributed by atoms with Crippen molar-refractivity contribution >= 4 is 0 Å². The fourth-order valence-corrected chi connectivity index (χ4v) is 1.70. The van der Waals surface area contributed by atoms with E-state index in [4.69, 9.17) is 10.2 Å². The molecule has 5 heteroatoms. The highest BCUT2D eigenvalue weighted by Gasteiger charge is 2.33. The van der Waals surface area contributed by atoms with Gasteiger partial charge in [-0.05, 0) is 17.7 Å². The second-order valence-electron chi connectivity index (χ2n) is 3.50. The van der Waals surface area contributed by atoms with E-state index in [1.54, 1.807) is 6.07 Å².